The highest BCUT2D eigenvalue weighted by Crippen LogP contribution is 2.44. The third-order valence-corrected chi connectivity index (χ3v) is 10.5. The SMILES string of the molecule is [2H]c1c([2H])c([2H])c2c(c1[2H])c([2H])c([2H])c1c([2H])c(-c3cccc4oc5c6ccccc6c(-c6ccc(N(c7ccccc7)c7ccc(-c8ccccc8)cc7)cc6)cc5c34)c([2H])c([2H])c12. The molecule has 1 heterocycles. The van der Waals surface area contributed by atoms with Crippen LogP contribution in [0.5, 0.6) is 0 Å². The lowest BCUT2D eigenvalue weighted by molar-refractivity contribution is 0.673. The van der Waals surface area contributed by atoms with E-state index in [0.29, 0.717) is 22.1 Å². The van der Waals surface area contributed by atoms with Gasteiger partial charge in [-0.25, -0.2) is 0 Å². The fourth-order valence-electron chi connectivity index (χ4n) is 7.88. The predicted octanol–water partition coefficient (Wildman–Crippen LogP) is 15.5. The molecule has 11 rings (SSSR count). The lowest BCUT2D eigenvalue weighted by atomic mass is 9.92. The molecule has 10 aromatic carbocycles. The Morgan fingerprint density at radius 2 is 1.02 bits per heavy atom. The summed E-state index contributed by atoms with van der Waals surface area (Å²) in [6, 6.07) is 48.9. The molecule has 56 heavy (non-hydrogen) atoms. The molecule has 1 aromatic heterocycles. The van der Waals surface area contributed by atoms with Crippen molar-refractivity contribution in [1.29, 1.82) is 0 Å². The topological polar surface area (TPSA) is 16.4 Å². The van der Waals surface area contributed by atoms with E-state index in [0.717, 1.165) is 55.5 Å². The molecule has 0 fully saturated rings. The largest absolute Gasteiger partial charge is 0.455 e. The minimum absolute atomic E-state index is 0.0563. The fraction of sp³-hybridized carbons (Fsp3) is 0. The van der Waals surface area contributed by atoms with Crippen LogP contribution >= 0.6 is 0 Å². The van der Waals surface area contributed by atoms with Crippen molar-refractivity contribution >= 4 is 71.3 Å². The molecule has 2 heteroatoms. The van der Waals surface area contributed by atoms with Crippen LogP contribution in [0.4, 0.5) is 17.1 Å². The molecule has 0 saturated heterocycles. The van der Waals surface area contributed by atoms with Crippen molar-refractivity contribution in [3.63, 3.8) is 0 Å². The lowest BCUT2D eigenvalue weighted by Gasteiger charge is -2.26. The summed E-state index contributed by atoms with van der Waals surface area (Å²) in [5.41, 5.74) is 8.74. The van der Waals surface area contributed by atoms with Crippen LogP contribution in [0.15, 0.2) is 217 Å². The summed E-state index contributed by atoms with van der Waals surface area (Å²) in [6.07, 6.45) is 0. The standard InChI is InChI=1S/C54H35NO/c1-3-12-36(13-4-1)37-24-29-43(30-25-37)55(42-15-5-2-6-16-42)44-31-26-39(27-32-44)50-35-51-53-47(20-11-21-52(53)56-54(51)49-19-10-9-18-48(49)50)41-28-33-46-40(34-41)23-22-38-14-7-8-17-45(38)46/h1-35H/i7D,8D,14D,17D,22D,23D,28D,33D,34D. The molecule has 262 valence electrons. The average Bonchev–Trinajstić information content (AvgIpc) is 3.73. The number of anilines is 3. The van der Waals surface area contributed by atoms with E-state index in [1.807, 2.05) is 60.7 Å². The van der Waals surface area contributed by atoms with Crippen LogP contribution in [0.3, 0.4) is 0 Å². The highest BCUT2D eigenvalue weighted by atomic mass is 16.3. The summed E-state index contributed by atoms with van der Waals surface area (Å²) in [6.45, 7) is 0. The number of benzene rings is 10. The Balaban J connectivity index is 1.10. The van der Waals surface area contributed by atoms with E-state index in [2.05, 4.69) is 89.8 Å². The molecule has 0 aliphatic heterocycles. The highest BCUT2D eigenvalue weighted by Gasteiger charge is 2.19. The highest BCUT2D eigenvalue weighted by molar-refractivity contribution is 6.22. The molecule has 0 aliphatic carbocycles. The first-order valence-corrected chi connectivity index (χ1v) is 18.4. The number of nitrogens with zero attached hydrogens (tertiary/aromatic N) is 1. The number of fused-ring (bicyclic) bond motifs is 8. The van der Waals surface area contributed by atoms with Gasteiger partial charge >= 0.3 is 0 Å². The minimum Gasteiger partial charge on any atom is -0.455 e. The third-order valence-electron chi connectivity index (χ3n) is 10.5. The van der Waals surface area contributed by atoms with E-state index in [-0.39, 0.29) is 39.2 Å². The number of rotatable bonds is 6. The monoisotopic (exact) mass is 722 g/mol. The van der Waals surface area contributed by atoms with Crippen molar-refractivity contribution in [3.8, 4) is 33.4 Å². The van der Waals surface area contributed by atoms with Crippen molar-refractivity contribution in [2.24, 2.45) is 0 Å². The van der Waals surface area contributed by atoms with E-state index in [1.165, 1.54) is 0 Å². The van der Waals surface area contributed by atoms with E-state index in [4.69, 9.17) is 12.6 Å². The molecule has 0 unspecified atom stereocenters. The summed E-state index contributed by atoms with van der Waals surface area (Å²) in [7, 11) is 0. The van der Waals surface area contributed by atoms with Gasteiger partial charge in [0.25, 0.3) is 0 Å². The van der Waals surface area contributed by atoms with Crippen LogP contribution in [-0.2, 0) is 0 Å². The molecule has 0 radical (unpaired) electrons. The van der Waals surface area contributed by atoms with Gasteiger partial charge in [0.05, 0.1) is 12.3 Å². The molecular weight excluding hydrogens is 679 g/mol. The molecule has 0 saturated carbocycles. The second-order valence-corrected chi connectivity index (χ2v) is 13.8. The maximum Gasteiger partial charge on any atom is 0.143 e. The van der Waals surface area contributed by atoms with Gasteiger partial charge in [-0.1, -0.05) is 158 Å². The van der Waals surface area contributed by atoms with E-state index in [9.17, 15) is 4.11 Å². The lowest BCUT2D eigenvalue weighted by Crippen LogP contribution is -2.09. The molecule has 0 atom stereocenters. The van der Waals surface area contributed by atoms with Gasteiger partial charge in [0.2, 0.25) is 0 Å². The summed E-state index contributed by atoms with van der Waals surface area (Å²) in [5.74, 6) is 0. The zero-order valence-corrected chi connectivity index (χ0v) is 29.9. The molecule has 0 N–H and O–H groups in total. The molecule has 11 aromatic rings. The summed E-state index contributed by atoms with van der Waals surface area (Å²) >= 11 is 0. The number of furan rings is 1. The first kappa shape index (κ1) is 24.1. The van der Waals surface area contributed by atoms with Crippen LogP contribution < -0.4 is 4.90 Å². The number of hydrogen-bond donors (Lipinski definition) is 0. The second-order valence-electron chi connectivity index (χ2n) is 13.8. The summed E-state index contributed by atoms with van der Waals surface area (Å²) < 4.78 is 86.8. The van der Waals surface area contributed by atoms with Crippen LogP contribution in [0, 0.1) is 0 Å². The Hall–Kier alpha value is -7.42. The molecule has 2 nitrogen and oxygen atoms in total. The Bertz CT molecular complexity index is 3740. The van der Waals surface area contributed by atoms with Gasteiger partial charge in [-0.15, -0.1) is 0 Å². The van der Waals surface area contributed by atoms with Gasteiger partial charge in [-0.05, 0) is 115 Å². The number of para-hydroxylation sites is 1. The Morgan fingerprint density at radius 3 is 1.80 bits per heavy atom. The van der Waals surface area contributed by atoms with Crippen molar-refractivity contribution in [2.45, 2.75) is 0 Å². The van der Waals surface area contributed by atoms with Crippen molar-refractivity contribution in [1.82, 2.24) is 0 Å². The Kier molecular flexibility index (Phi) is 5.66. The van der Waals surface area contributed by atoms with Gasteiger partial charge in [0.15, 0.2) is 0 Å². The fourth-order valence-corrected chi connectivity index (χ4v) is 7.88. The molecule has 0 aliphatic rings. The first-order chi connectivity index (χ1) is 31.5. The second kappa shape index (κ2) is 13.2. The van der Waals surface area contributed by atoms with E-state index in [1.54, 1.807) is 12.1 Å². The van der Waals surface area contributed by atoms with Gasteiger partial charge in [-0.3, -0.25) is 0 Å². The molecular formula is C54H35NO. The zero-order valence-electron chi connectivity index (χ0n) is 38.9. The van der Waals surface area contributed by atoms with Crippen LogP contribution in [0.25, 0.3) is 87.6 Å². The van der Waals surface area contributed by atoms with Crippen LogP contribution in [0.1, 0.15) is 12.3 Å². The quantitative estimate of drug-likeness (QED) is 0.159. The van der Waals surface area contributed by atoms with Crippen LogP contribution in [-0.4, -0.2) is 0 Å². The molecule has 0 amide bonds. The maximum atomic E-state index is 9.59. The van der Waals surface area contributed by atoms with Gasteiger partial charge in [-0.2, -0.15) is 0 Å². The predicted molar refractivity (Wildman–Crippen MR) is 237 cm³/mol. The smallest absolute Gasteiger partial charge is 0.143 e. The summed E-state index contributed by atoms with van der Waals surface area (Å²) in [5, 5.41) is 2.55. The van der Waals surface area contributed by atoms with Crippen molar-refractivity contribution in [2.75, 3.05) is 4.90 Å². The third kappa shape index (κ3) is 5.34. The summed E-state index contributed by atoms with van der Waals surface area (Å²) in [4.78, 5) is 2.22. The van der Waals surface area contributed by atoms with Gasteiger partial charge in [0, 0.05) is 33.2 Å². The number of hydrogen-bond acceptors (Lipinski definition) is 2. The van der Waals surface area contributed by atoms with Crippen LogP contribution in [0.2, 0.25) is 0 Å². The van der Waals surface area contributed by atoms with Gasteiger partial charge < -0.3 is 9.32 Å². The maximum absolute atomic E-state index is 9.59. The molecule has 0 bridgehead atoms. The average molecular weight is 723 g/mol. The minimum atomic E-state index is -0.560. The Labute approximate surface area is 337 Å². The Morgan fingerprint density at radius 1 is 0.393 bits per heavy atom. The normalized spacial score (nSPS) is 13.8. The zero-order chi connectivity index (χ0) is 44.8. The van der Waals surface area contributed by atoms with Gasteiger partial charge in [0.1, 0.15) is 11.2 Å². The van der Waals surface area contributed by atoms with Crippen molar-refractivity contribution < 1.29 is 16.8 Å². The van der Waals surface area contributed by atoms with E-state index < -0.39 is 42.3 Å². The van der Waals surface area contributed by atoms with Crippen molar-refractivity contribution in [3.05, 3.63) is 212 Å². The van der Waals surface area contributed by atoms with E-state index >= 15 is 0 Å². The first-order valence-electron chi connectivity index (χ1n) is 22.9. The molecule has 0 spiro atoms.